The summed E-state index contributed by atoms with van der Waals surface area (Å²) in [6, 6.07) is 12.3. The van der Waals surface area contributed by atoms with Crippen molar-refractivity contribution in [1.82, 2.24) is 4.57 Å². The van der Waals surface area contributed by atoms with Crippen LogP contribution in [-0.2, 0) is 0 Å². The fourth-order valence-electron chi connectivity index (χ4n) is 3.36. The van der Waals surface area contributed by atoms with Gasteiger partial charge < -0.3 is 4.57 Å². The van der Waals surface area contributed by atoms with Gasteiger partial charge in [0.25, 0.3) is 0 Å². The summed E-state index contributed by atoms with van der Waals surface area (Å²) in [6.45, 7) is 1.95. The van der Waals surface area contributed by atoms with Gasteiger partial charge in [0.05, 0.1) is 6.04 Å². The molecule has 2 aromatic rings. The zero-order valence-electron chi connectivity index (χ0n) is 11.8. The van der Waals surface area contributed by atoms with E-state index in [4.69, 9.17) is 5.53 Å². The topological polar surface area (TPSA) is 53.7 Å². The average Bonchev–Trinajstić information content (AvgIpc) is 3.20. The number of hydrogen-bond donors (Lipinski definition) is 0. The molecule has 0 amide bonds. The maximum atomic E-state index is 8.76. The van der Waals surface area contributed by atoms with Crippen LogP contribution in [0.15, 0.2) is 47.6 Å². The molecule has 3 atom stereocenters. The smallest absolute Gasteiger partial charge is 0.0753 e. The molecule has 0 bridgehead atoms. The Balaban J connectivity index is 1.96. The Hall–Kier alpha value is -2.45. The van der Waals surface area contributed by atoms with Crippen LogP contribution in [0.3, 0.4) is 0 Å². The number of rotatable bonds is 3. The van der Waals surface area contributed by atoms with E-state index in [1.165, 1.54) is 17.7 Å². The van der Waals surface area contributed by atoms with E-state index in [0.717, 1.165) is 11.4 Å². The summed E-state index contributed by atoms with van der Waals surface area (Å²) in [5.41, 5.74) is 13.6. The van der Waals surface area contributed by atoms with Crippen LogP contribution in [0, 0.1) is 5.92 Å². The normalized spacial score (nSPS) is 22.9. The monoisotopic (exact) mass is 276 g/mol. The standard InChI is InChI=1S/C17H16N4/c1-11(19-20-18)16-10-13-8-7-12-9-15(12)17(13)21(16)14-5-3-2-4-6-14/h2-8,10-12,15H,9H2,1H3/t11?,12-,15?/m0/s1. The molecule has 1 heterocycles. The number of fused-ring (bicyclic) bond motifs is 3. The number of hydrogen-bond acceptors (Lipinski definition) is 1. The van der Waals surface area contributed by atoms with Gasteiger partial charge in [-0.15, -0.1) is 0 Å². The number of azide groups is 1. The molecule has 0 saturated heterocycles. The van der Waals surface area contributed by atoms with Crippen molar-refractivity contribution < 1.29 is 0 Å². The van der Waals surface area contributed by atoms with E-state index in [-0.39, 0.29) is 6.04 Å². The van der Waals surface area contributed by atoms with E-state index in [1.807, 2.05) is 25.1 Å². The largest absolute Gasteiger partial charge is 0.317 e. The molecule has 0 radical (unpaired) electrons. The van der Waals surface area contributed by atoms with Crippen LogP contribution in [0.25, 0.3) is 22.2 Å². The molecule has 21 heavy (non-hydrogen) atoms. The molecule has 4 nitrogen and oxygen atoms in total. The minimum atomic E-state index is -0.175. The lowest BCUT2D eigenvalue weighted by atomic mass is 10.1. The molecule has 4 rings (SSSR count). The second-order valence-electron chi connectivity index (χ2n) is 5.83. The highest BCUT2D eigenvalue weighted by molar-refractivity contribution is 5.63. The van der Waals surface area contributed by atoms with Crippen molar-refractivity contribution in [3.05, 3.63) is 69.9 Å². The maximum absolute atomic E-state index is 8.76. The van der Waals surface area contributed by atoms with Gasteiger partial charge in [0.2, 0.25) is 0 Å². The highest BCUT2D eigenvalue weighted by Gasteiger charge is 2.42. The van der Waals surface area contributed by atoms with E-state index in [9.17, 15) is 0 Å². The van der Waals surface area contributed by atoms with Crippen molar-refractivity contribution in [2.75, 3.05) is 0 Å². The van der Waals surface area contributed by atoms with Gasteiger partial charge in [-0.05, 0) is 41.6 Å². The highest BCUT2D eigenvalue weighted by Crippen LogP contribution is 2.54. The third kappa shape index (κ3) is 1.88. The fourth-order valence-corrected chi connectivity index (χ4v) is 3.36. The number of nitrogens with zero attached hydrogens (tertiary/aromatic N) is 4. The van der Waals surface area contributed by atoms with E-state index in [0.29, 0.717) is 11.8 Å². The first kappa shape index (κ1) is 12.3. The van der Waals surface area contributed by atoms with Crippen LogP contribution >= 0.6 is 0 Å². The van der Waals surface area contributed by atoms with Crippen LogP contribution in [0.5, 0.6) is 0 Å². The summed E-state index contributed by atoms with van der Waals surface area (Å²) in [4.78, 5) is 2.98. The van der Waals surface area contributed by atoms with Crippen LogP contribution < -0.4 is 0 Å². The van der Waals surface area contributed by atoms with E-state index in [2.05, 4.69) is 44.9 Å². The van der Waals surface area contributed by atoms with Crippen LogP contribution in [0.2, 0.25) is 0 Å². The van der Waals surface area contributed by atoms with Gasteiger partial charge in [0.15, 0.2) is 0 Å². The van der Waals surface area contributed by atoms with Crippen LogP contribution in [0.4, 0.5) is 0 Å². The minimum Gasteiger partial charge on any atom is -0.317 e. The first-order chi connectivity index (χ1) is 10.3. The van der Waals surface area contributed by atoms with Crippen LogP contribution in [-0.4, -0.2) is 4.57 Å². The van der Waals surface area contributed by atoms with Crippen molar-refractivity contribution >= 4 is 6.08 Å². The molecule has 2 aliphatic rings. The molecule has 0 spiro atoms. The molecule has 104 valence electrons. The lowest BCUT2D eigenvalue weighted by molar-refractivity contribution is 0.726. The average molecular weight is 276 g/mol. The number of aromatic nitrogens is 1. The van der Waals surface area contributed by atoms with Gasteiger partial charge in [0.1, 0.15) is 0 Å². The molecule has 1 saturated carbocycles. The fraction of sp³-hybridized carbons (Fsp3) is 0.294. The molecule has 0 aliphatic heterocycles. The van der Waals surface area contributed by atoms with Crippen molar-refractivity contribution in [1.29, 1.82) is 0 Å². The summed E-state index contributed by atoms with van der Waals surface area (Å²) in [6.07, 6.45) is 5.76. The predicted octanol–water partition coefficient (Wildman–Crippen LogP) is 4.98. The molecular weight excluding hydrogens is 260 g/mol. The Kier molecular flexibility index (Phi) is 2.66. The zero-order valence-corrected chi connectivity index (χ0v) is 11.8. The van der Waals surface area contributed by atoms with E-state index in [1.54, 1.807) is 0 Å². The van der Waals surface area contributed by atoms with Crippen molar-refractivity contribution in [2.45, 2.75) is 25.3 Å². The van der Waals surface area contributed by atoms with E-state index < -0.39 is 0 Å². The van der Waals surface area contributed by atoms with Gasteiger partial charge >= 0.3 is 0 Å². The Morgan fingerprint density at radius 3 is 2.90 bits per heavy atom. The highest BCUT2D eigenvalue weighted by atomic mass is 15.2. The third-order valence-electron chi connectivity index (χ3n) is 4.48. The van der Waals surface area contributed by atoms with Crippen molar-refractivity contribution in [3.8, 4) is 5.69 Å². The molecular formula is C17H16N4. The Morgan fingerprint density at radius 2 is 2.14 bits per heavy atom. The van der Waals surface area contributed by atoms with Gasteiger partial charge in [-0.2, -0.15) is 0 Å². The minimum absolute atomic E-state index is 0.175. The van der Waals surface area contributed by atoms with Gasteiger partial charge in [-0.25, -0.2) is 0 Å². The molecule has 1 aromatic heterocycles. The molecule has 1 fully saturated rings. The van der Waals surface area contributed by atoms with Gasteiger partial charge in [-0.3, -0.25) is 0 Å². The quantitative estimate of drug-likeness (QED) is 0.431. The summed E-state index contributed by atoms with van der Waals surface area (Å²) >= 11 is 0. The zero-order chi connectivity index (χ0) is 14.4. The van der Waals surface area contributed by atoms with E-state index >= 15 is 0 Å². The lowest BCUT2D eigenvalue weighted by Gasteiger charge is -2.17. The Morgan fingerprint density at radius 1 is 1.33 bits per heavy atom. The predicted molar refractivity (Wildman–Crippen MR) is 83.2 cm³/mol. The SMILES string of the molecule is CC(N=[N+]=[N-])c1cc2c(n1-c1ccccc1)C1C[C@@H]1C=C2. The number of allylic oxidation sites excluding steroid dienone is 1. The lowest BCUT2D eigenvalue weighted by Crippen LogP contribution is -2.07. The van der Waals surface area contributed by atoms with Crippen molar-refractivity contribution in [3.63, 3.8) is 0 Å². The van der Waals surface area contributed by atoms with Gasteiger partial charge in [-0.1, -0.05) is 42.4 Å². The first-order valence-corrected chi connectivity index (χ1v) is 7.33. The van der Waals surface area contributed by atoms with Crippen molar-refractivity contribution in [2.24, 2.45) is 11.0 Å². The number of para-hydroxylation sites is 1. The molecule has 2 unspecified atom stereocenters. The third-order valence-corrected chi connectivity index (χ3v) is 4.48. The van der Waals surface area contributed by atoms with Crippen LogP contribution in [0.1, 0.15) is 42.3 Å². The summed E-state index contributed by atoms with van der Waals surface area (Å²) in [7, 11) is 0. The molecule has 2 aliphatic carbocycles. The molecule has 1 aromatic carbocycles. The maximum Gasteiger partial charge on any atom is 0.0753 e. The summed E-state index contributed by atoms with van der Waals surface area (Å²) < 4.78 is 2.29. The number of benzene rings is 1. The second-order valence-corrected chi connectivity index (χ2v) is 5.83. The Bertz CT molecular complexity index is 766. The first-order valence-electron chi connectivity index (χ1n) is 7.33. The summed E-state index contributed by atoms with van der Waals surface area (Å²) in [5, 5.41) is 3.90. The van der Waals surface area contributed by atoms with Gasteiger partial charge in [0, 0.05) is 27.9 Å². The second kappa shape index (κ2) is 4.54. The molecule has 4 heteroatoms. The molecule has 0 N–H and O–H groups in total. The summed E-state index contributed by atoms with van der Waals surface area (Å²) in [5.74, 6) is 1.31. The Labute approximate surface area is 123 Å².